The highest BCUT2D eigenvalue weighted by atomic mass is 79.9. The molecule has 13 heavy (non-hydrogen) atoms. The Hall–Kier alpha value is -0.940. The van der Waals surface area contributed by atoms with E-state index in [2.05, 4.69) is 31.0 Å². The third kappa shape index (κ3) is 1.71. The lowest BCUT2D eigenvalue weighted by molar-refractivity contribution is 0.840. The number of halogens is 2. The van der Waals surface area contributed by atoms with Gasteiger partial charge in [-0.05, 0) is 22.0 Å². The van der Waals surface area contributed by atoms with Gasteiger partial charge < -0.3 is 0 Å². The Balaban J connectivity index is 2.53. The molecule has 0 bridgehead atoms. The Labute approximate surface area is 87.7 Å². The zero-order chi connectivity index (χ0) is 9.26. The summed E-state index contributed by atoms with van der Waals surface area (Å²) in [6.45, 7) is 0. The highest BCUT2D eigenvalue weighted by Gasteiger charge is 2.04. The third-order valence-corrected chi connectivity index (χ3v) is 2.21. The average molecular weight is 259 g/mol. The van der Waals surface area contributed by atoms with Crippen LogP contribution in [0.1, 0.15) is 0 Å². The normalized spacial score (nSPS) is 10.3. The number of aromatic nitrogens is 4. The molecular weight excluding hydrogens is 255 g/mol. The van der Waals surface area contributed by atoms with Gasteiger partial charge in [-0.1, -0.05) is 11.6 Å². The molecule has 0 aliphatic carbocycles. The molecule has 0 aliphatic heterocycles. The van der Waals surface area contributed by atoms with Gasteiger partial charge in [-0.2, -0.15) is 5.10 Å². The molecule has 2 rings (SSSR count). The van der Waals surface area contributed by atoms with Crippen LogP contribution in [0.15, 0.2) is 29.4 Å². The Morgan fingerprint density at radius 1 is 1.46 bits per heavy atom. The van der Waals surface area contributed by atoms with Crippen molar-refractivity contribution in [2.45, 2.75) is 0 Å². The minimum atomic E-state index is 0.579. The number of pyridine rings is 1. The molecule has 0 aliphatic rings. The molecule has 0 spiro atoms. The molecule has 0 radical (unpaired) electrons. The number of rotatable bonds is 1. The first-order valence-electron chi connectivity index (χ1n) is 3.43. The Bertz CT molecular complexity index is 414. The van der Waals surface area contributed by atoms with Crippen molar-refractivity contribution in [3.63, 3.8) is 0 Å². The fourth-order valence-electron chi connectivity index (χ4n) is 0.894. The van der Waals surface area contributed by atoms with Gasteiger partial charge in [0.25, 0.3) is 0 Å². The van der Waals surface area contributed by atoms with Crippen molar-refractivity contribution in [1.82, 2.24) is 19.7 Å². The topological polar surface area (TPSA) is 43.6 Å². The third-order valence-electron chi connectivity index (χ3n) is 1.42. The lowest BCUT2D eigenvalue weighted by Crippen LogP contribution is -1.98. The summed E-state index contributed by atoms with van der Waals surface area (Å²) in [6, 6.07) is 1.76. The molecule has 6 heteroatoms. The maximum absolute atomic E-state index is 5.74. The molecule has 0 aromatic carbocycles. The SMILES string of the molecule is Clc1cnc(-n2cncn2)c(Br)c1. The summed E-state index contributed by atoms with van der Waals surface area (Å²) in [5, 5.41) is 4.53. The van der Waals surface area contributed by atoms with Gasteiger partial charge in [0.05, 0.1) is 9.50 Å². The van der Waals surface area contributed by atoms with Crippen molar-refractivity contribution in [2.75, 3.05) is 0 Å². The second-order valence-electron chi connectivity index (χ2n) is 2.30. The molecule has 0 fully saturated rings. The van der Waals surface area contributed by atoms with E-state index in [1.54, 1.807) is 23.3 Å². The van der Waals surface area contributed by atoms with E-state index in [0.717, 1.165) is 4.47 Å². The molecule has 4 nitrogen and oxygen atoms in total. The van der Waals surface area contributed by atoms with E-state index < -0.39 is 0 Å². The van der Waals surface area contributed by atoms with E-state index in [1.807, 2.05) is 0 Å². The van der Waals surface area contributed by atoms with Crippen LogP contribution >= 0.6 is 27.5 Å². The van der Waals surface area contributed by atoms with Crippen LogP contribution in [0.3, 0.4) is 0 Å². The minimum absolute atomic E-state index is 0.579. The lowest BCUT2D eigenvalue weighted by atomic mass is 10.5. The highest BCUT2D eigenvalue weighted by molar-refractivity contribution is 9.10. The van der Waals surface area contributed by atoms with Gasteiger partial charge in [0.1, 0.15) is 12.7 Å². The zero-order valence-corrected chi connectivity index (χ0v) is 8.70. The first-order chi connectivity index (χ1) is 6.27. The Kier molecular flexibility index (Phi) is 2.28. The predicted octanol–water partition coefficient (Wildman–Crippen LogP) is 2.08. The Morgan fingerprint density at radius 2 is 2.31 bits per heavy atom. The molecule has 2 heterocycles. The van der Waals surface area contributed by atoms with Gasteiger partial charge in [0.2, 0.25) is 0 Å². The molecule has 0 saturated heterocycles. The molecule has 66 valence electrons. The van der Waals surface area contributed by atoms with Crippen LogP contribution in [0.25, 0.3) is 5.82 Å². The average Bonchev–Trinajstić information content (AvgIpc) is 2.56. The summed E-state index contributed by atoms with van der Waals surface area (Å²) in [5.41, 5.74) is 0. The fourth-order valence-corrected chi connectivity index (χ4v) is 1.71. The summed E-state index contributed by atoms with van der Waals surface area (Å²) < 4.78 is 2.34. The second-order valence-corrected chi connectivity index (χ2v) is 3.59. The van der Waals surface area contributed by atoms with Crippen LogP contribution in [0.2, 0.25) is 5.02 Å². The van der Waals surface area contributed by atoms with E-state index in [0.29, 0.717) is 10.8 Å². The zero-order valence-electron chi connectivity index (χ0n) is 6.35. The van der Waals surface area contributed by atoms with Crippen molar-refractivity contribution in [2.24, 2.45) is 0 Å². The smallest absolute Gasteiger partial charge is 0.169 e. The molecule has 0 amide bonds. The first kappa shape index (κ1) is 8.65. The first-order valence-corrected chi connectivity index (χ1v) is 4.60. The molecule has 0 saturated carbocycles. The van der Waals surface area contributed by atoms with Gasteiger partial charge in [-0.25, -0.2) is 14.6 Å². The van der Waals surface area contributed by atoms with Crippen molar-refractivity contribution >= 4 is 27.5 Å². The van der Waals surface area contributed by atoms with Gasteiger partial charge in [-0.3, -0.25) is 0 Å². The standard InChI is InChI=1S/C7H4BrClN4/c8-6-1-5(9)2-11-7(6)13-4-10-3-12-13/h1-4H. The summed E-state index contributed by atoms with van der Waals surface area (Å²) in [5.74, 6) is 0.668. The van der Waals surface area contributed by atoms with Crippen molar-refractivity contribution in [1.29, 1.82) is 0 Å². The minimum Gasteiger partial charge on any atom is -0.235 e. The maximum Gasteiger partial charge on any atom is 0.169 e. The van der Waals surface area contributed by atoms with Crippen molar-refractivity contribution in [3.8, 4) is 5.82 Å². The van der Waals surface area contributed by atoms with Gasteiger partial charge in [0.15, 0.2) is 5.82 Å². The van der Waals surface area contributed by atoms with Crippen molar-refractivity contribution < 1.29 is 0 Å². The maximum atomic E-state index is 5.74. The van der Waals surface area contributed by atoms with Gasteiger partial charge >= 0.3 is 0 Å². The molecule has 2 aromatic heterocycles. The van der Waals surface area contributed by atoms with E-state index in [-0.39, 0.29) is 0 Å². The Morgan fingerprint density at radius 3 is 2.92 bits per heavy atom. The van der Waals surface area contributed by atoms with Crippen LogP contribution in [0.5, 0.6) is 0 Å². The monoisotopic (exact) mass is 258 g/mol. The number of hydrogen-bond acceptors (Lipinski definition) is 3. The highest BCUT2D eigenvalue weighted by Crippen LogP contribution is 2.21. The summed E-state index contributed by atoms with van der Waals surface area (Å²) >= 11 is 9.07. The fraction of sp³-hybridized carbons (Fsp3) is 0. The van der Waals surface area contributed by atoms with Crippen LogP contribution < -0.4 is 0 Å². The molecule has 2 aromatic rings. The summed E-state index contributed by atoms with van der Waals surface area (Å²) in [6.07, 6.45) is 4.58. The van der Waals surface area contributed by atoms with Crippen molar-refractivity contribution in [3.05, 3.63) is 34.4 Å². The largest absolute Gasteiger partial charge is 0.235 e. The van der Waals surface area contributed by atoms with Crippen LogP contribution in [0, 0.1) is 0 Å². The van der Waals surface area contributed by atoms with Crippen LogP contribution in [0.4, 0.5) is 0 Å². The molecule has 0 N–H and O–H groups in total. The van der Waals surface area contributed by atoms with E-state index in [9.17, 15) is 0 Å². The van der Waals surface area contributed by atoms with E-state index in [1.165, 1.54) is 6.33 Å². The quantitative estimate of drug-likeness (QED) is 0.787. The molecular formula is C7H4BrClN4. The van der Waals surface area contributed by atoms with E-state index in [4.69, 9.17) is 11.6 Å². The number of hydrogen-bond donors (Lipinski definition) is 0. The predicted molar refractivity (Wildman–Crippen MR) is 51.9 cm³/mol. The van der Waals surface area contributed by atoms with Gasteiger partial charge in [0, 0.05) is 6.20 Å². The summed E-state index contributed by atoms with van der Waals surface area (Å²) in [4.78, 5) is 7.92. The van der Waals surface area contributed by atoms with Crippen LogP contribution in [-0.2, 0) is 0 Å². The summed E-state index contributed by atoms with van der Waals surface area (Å²) in [7, 11) is 0. The molecule has 0 unspecified atom stereocenters. The second kappa shape index (κ2) is 3.43. The van der Waals surface area contributed by atoms with E-state index >= 15 is 0 Å². The van der Waals surface area contributed by atoms with Crippen LogP contribution in [-0.4, -0.2) is 19.7 Å². The molecule has 0 atom stereocenters. The lowest BCUT2D eigenvalue weighted by Gasteiger charge is -2.01. The number of nitrogens with zero attached hydrogens (tertiary/aromatic N) is 4. The van der Waals surface area contributed by atoms with Gasteiger partial charge in [-0.15, -0.1) is 0 Å².